The summed E-state index contributed by atoms with van der Waals surface area (Å²) in [4.78, 5) is 41.2. The van der Waals surface area contributed by atoms with Gasteiger partial charge in [0.2, 0.25) is 5.78 Å². The Morgan fingerprint density at radius 3 is 2.47 bits per heavy atom. The van der Waals surface area contributed by atoms with Gasteiger partial charge in [0.15, 0.2) is 11.4 Å². The van der Waals surface area contributed by atoms with Gasteiger partial charge in [0.05, 0.1) is 11.6 Å². The number of likely N-dealkylation sites (N-methyl/N-ethyl adjacent to an activating group) is 1. The molecular weight excluding hydrogens is 581 g/mol. The van der Waals surface area contributed by atoms with E-state index in [0.29, 0.717) is 24.9 Å². The van der Waals surface area contributed by atoms with Crippen molar-refractivity contribution < 1.29 is 39.2 Å². The van der Waals surface area contributed by atoms with Crippen LogP contribution in [0.4, 0.5) is 4.39 Å². The molecule has 0 radical (unpaired) electrons. The van der Waals surface area contributed by atoms with E-state index in [1.807, 2.05) is 24.3 Å². The number of primary amides is 1. The maximum Gasteiger partial charge on any atom is 0.255 e. The number of hydrogen-bond acceptors (Lipinski definition) is 9. The molecule has 10 nitrogen and oxygen atoms in total. The Morgan fingerprint density at radius 1 is 1.09 bits per heavy atom. The molecule has 0 aromatic heterocycles. The van der Waals surface area contributed by atoms with Crippen LogP contribution >= 0.6 is 0 Å². The number of allylic oxidation sites excluding steroid dienone is 1. The number of fused-ring (bicyclic) bond motifs is 3. The third kappa shape index (κ3) is 4.93. The fourth-order valence-electron chi connectivity index (χ4n) is 7.89. The number of nitrogens with one attached hydrogen (secondary N) is 1. The van der Waals surface area contributed by atoms with Crippen LogP contribution in [0.3, 0.4) is 0 Å². The van der Waals surface area contributed by atoms with Crippen LogP contribution in [-0.4, -0.2) is 80.8 Å². The molecule has 1 fully saturated rings. The van der Waals surface area contributed by atoms with Crippen LogP contribution in [-0.2, 0) is 22.6 Å². The van der Waals surface area contributed by atoms with Crippen LogP contribution < -0.4 is 11.1 Å². The number of halogens is 1. The number of rotatable bonds is 6. The number of Topliss-reactive ketones (excluding diaryl/α,β-unsaturated/α-hetero) is 2. The van der Waals surface area contributed by atoms with Crippen LogP contribution in [0.1, 0.15) is 53.6 Å². The third-order valence-electron chi connectivity index (χ3n) is 10.1. The van der Waals surface area contributed by atoms with E-state index in [2.05, 4.69) is 5.32 Å². The molecule has 0 heterocycles. The first-order valence-corrected chi connectivity index (χ1v) is 15.3. The molecule has 45 heavy (non-hydrogen) atoms. The molecule has 2 aromatic carbocycles. The minimum absolute atomic E-state index is 0.0198. The summed E-state index contributed by atoms with van der Waals surface area (Å²) >= 11 is 0. The van der Waals surface area contributed by atoms with E-state index in [1.165, 1.54) is 11.0 Å². The minimum Gasteiger partial charge on any atom is -0.510 e. The Balaban J connectivity index is 1.39. The van der Waals surface area contributed by atoms with Crippen molar-refractivity contribution in [2.75, 3.05) is 14.1 Å². The zero-order valence-corrected chi connectivity index (χ0v) is 25.2. The van der Waals surface area contributed by atoms with Gasteiger partial charge in [0.1, 0.15) is 29.0 Å². The Labute approximate surface area is 260 Å². The van der Waals surface area contributed by atoms with Crippen LogP contribution in [0.5, 0.6) is 5.75 Å². The molecule has 0 spiro atoms. The summed E-state index contributed by atoms with van der Waals surface area (Å²) in [6.07, 6.45) is 2.18. The molecule has 4 aliphatic carbocycles. The number of benzene rings is 2. The highest BCUT2D eigenvalue weighted by molar-refractivity contribution is 6.24. The predicted molar refractivity (Wildman–Crippen MR) is 163 cm³/mol. The van der Waals surface area contributed by atoms with Gasteiger partial charge in [0, 0.05) is 24.1 Å². The Kier molecular flexibility index (Phi) is 7.83. The van der Waals surface area contributed by atoms with E-state index >= 15 is 0 Å². The summed E-state index contributed by atoms with van der Waals surface area (Å²) in [7, 11) is 3.19. The second-order valence-corrected chi connectivity index (χ2v) is 13.0. The lowest BCUT2D eigenvalue weighted by Gasteiger charge is -2.50. The molecule has 11 heteroatoms. The second kappa shape index (κ2) is 11.4. The van der Waals surface area contributed by atoms with Crippen LogP contribution in [0.15, 0.2) is 59.1 Å². The standard InChI is InChI=1S/C34H38FN3O7/c1-38(2)28-23-14-18-13-22-21(17-5-3-4-16(12-17)15-37-20-8-6-19(35)7-9-20)10-11-24(39)26(22)29(40)25(18)31(42)34(23,45)32(43)27(30(28)41)33(36)44/h3-5,10-12,18-20,23,28,37,39,41-42,45H,6-9,13-15H2,1-2H3,(H2,36,44)/t18-,19?,20?,23-,28-,34-/m0/s1. The summed E-state index contributed by atoms with van der Waals surface area (Å²) < 4.78 is 13.6. The quantitative estimate of drug-likeness (QED) is 0.266. The van der Waals surface area contributed by atoms with Gasteiger partial charge in [-0.05, 0) is 92.9 Å². The van der Waals surface area contributed by atoms with Crippen molar-refractivity contribution in [2.24, 2.45) is 17.6 Å². The molecule has 6 rings (SSSR count). The minimum atomic E-state index is -2.68. The Morgan fingerprint density at radius 2 is 1.80 bits per heavy atom. The smallest absolute Gasteiger partial charge is 0.255 e. The second-order valence-electron chi connectivity index (χ2n) is 13.0. The predicted octanol–water partition coefficient (Wildman–Crippen LogP) is 3.16. The van der Waals surface area contributed by atoms with Gasteiger partial charge in [-0.2, -0.15) is 0 Å². The normalized spacial score (nSPS) is 29.8. The van der Waals surface area contributed by atoms with Crippen molar-refractivity contribution in [1.82, 2.24) is 10.2 Å². The number of carbonyl (C=O) groups is 3. The van der Waals surface area contributed by atoms with E-state index in [4.69, 9.17) is 5.73 Å². The van der Waals surface area contributed by atoms with Gasteiger partial charge < -0.3 is 31.5 Å². The highest BCUT2D eigenvalue weighted by atomic mass is 19.1. The molecule has 238 valence electrons. The molecule has 4 atom stereocenters. The summed E-state index contributed by atoms with van der Waals surface area (Å²) in [5.74, 6) is -6.79. The first kappa shape index (κ1) is 30.9. The number of aliphatic hydroxyl groups excluding tert-OH is 2. The van der Waals surface area contributed by atoms with E-state index in [-0.39, 0.29) is 35.8 Å². The first-order chi connectivity index (χ1) is 21.3. The van der Waals surface area contributed by atoms with Gasteiger partial charge in [-0.3, -0.25) is 19.3 Å². The maximum absolute atomic E-state index is 14.1. The number of ketones is 2. The molecule has 4 aliphatic rings. The average Bonchev–Trinajstić information content (AvgIpc) is 2.98. The molecule has 7 N–H and O–H groups in total. The number of amides is 1. The largest absolute Gasteiger partial charge is 0.510 e. The Hall–Kier alpha value is -4.06. The lowest BCUT2D eigenvalue weighted by molar-refractivity contribution is -0.148. The van der Waals surface area contributed by atoms with Gasteiger partial charge in [0.25, 0.3) is 5.91 Å². The number of carbonyl (C=O) groups excluding carboxylic acids is 3. The fraction of sp³-hybridized carbons (Fsp3) is 0.441. The van der Waals surface area contributed by atoms with E-state index in [1.54, 1.807) is 20.2 Å². The number of aromatic hydroxyl groups is 1. The number of alkyl halides is 1. The van der Waals surface area contributed by atoms with Gasteiger partial charge in [-0.1, -0.05) is 24.3 Å². The number of nitrogens with two attached hydrogens (primary N) is 1. The average molecular weight is 620 g/mol. The lowest BCUT2D eigenvalue weighted by Crippen LogP contribution is -2.63. The number of aliphatic hydroxyl groups is 3. The number of phenols is 1. The molecule has 0 bridgehead atoms. The Bertz CT molecular complexity index is 1660. The SMILES string of the molecule is CN(C)[C@@H]1C(O)=C(C(N)=O)C(=O)[C@@]2(O)C(O)=C3C(=O)c4c(O)ccc(-c5cccc(CNC6CCC(F)CC6)c5)c4C[C@H]3C[C@@H]12. The van der Waals surface area contributed by atoms with Crippen LogP contribution in [0.25, 0.3) is 11.1 Å². The van der Waals surface area contributed by atoms with Crippen molar-refractivity contribution in [1.29, 1.82) is 0 Å². The molecule has 1 saturated carbocycles. The van der Waals surface area contributed by atoms with Crippen molar-refractivity contribution in [3.63, 3.8) is 0 Å². The summed E-state index contributed by atoms with van der Waals surface area (Å²) in [5, 5.41) is 48.7. The van der Waals surface area contributed by atoms with E-state index in [0.717, 1.165) is 29.5 Å². The monoisotopic (exact) mass is 619 g/mol. The third-order valence-corrected chi connectivity index (χ3v) is 10.1. The highest BCUT2D eigenvalue weighted by Gasteiger charge is 2.63. The molecular formula is C34H38FN3O7. The molecule has 0 aliphatic heterocycles. The fourth-order valence-corrected chi connectivity index (χ4v) is 7.89. The topological polar surface area (TPSA) is 173 Å². The number of hydrogen-bond donors (Lipinski definition) is 6. The van der Waals surface area contributed by atoms with Crippen molar-refractivity contribution in [2.45, 2.75) is 68.9 Å². The van der Waals surface area contributed by atoms with Crippen molar-refractivity contribution in [3.05, 3.63) is 75.8 Å². The summed E-state index contributed by atoms with van der Waals surface area (Å²) in [5.41, 5.74) is 4.78. The maximum atomic E-state index is 14.1. The molecule has 0 saturated heterocycles. The first-order valence-electron chi connectivity index (χ1n) is 15.3. The van der Waals surface area contributed by atoms with E-state index in [9.17, 15) is 39.2 Å². The summed E-state index contributed by atoms with van der Waals surface area (Å²) in [6.45, 7) is 0.586. The lowest BCUT2D eigenvalue weighted by atomic mass is 9.58. The number of phenolic OH excluding ortho intramolecular Hbond substituents is 1. The van der Waals surface area contributed by atoms with Gasteiger partial charge >= 0.3 is 0 Å². The van der Waals surface area contributed by atoms with Crippen molar-refractivity contribution in [3.8, 4) is 16.9 Å². The zero-order valence-electron chi connectivity index (χ0n) is 25.2. The summed E-state index contributed by atoms with van der Waals surface area (Å²) in [6, 6.07) is 10.1. The molecule has 2 aromatic rings. The van der Waals surface area contributed by atoms with Gasteiger partial charge in [-0.25, -0.2) is 4.39 Å². The zero-order chi connectivity index (χ0) is 32.4. The molecule has 0 unspecified atom stereocenters. The highest BCUT2D eigenvalue weighted by Crippen LogP contribution is 2.53. The molecule has 1 amide bonds. The van der Waals surface area contributed by atoms with Crippen molar-refractivity contribution >= 4 is 17.5 Å². The van der Waals surface area contributed by atoms with E-state index < -0.39 is 64.2 Å². The van der Waals surface area contributed by atoms with Gasteiger partial charge in [-0.15, -0.1) is 0 Å². The number of nitrogens with zero attached hydrogens (tertiary/aromatic N) is 1. The van der Waals surface area contributed by atoms with Crippen LogP contribution in [0, 0.1) is 11.8 Å². The van der Waals surface area contributed by atoms with Crippen LogP contribution in [0.2, 0.25) is 0 Å².